The highest BCUT2D eigenvalue weighted by atomic mass is 127. The van der Waals surface area contributed by atoms with E-state index in [2.05, 4.69) is 21.7 Å². The second-order valence-electron chi connectivity index (χ2n) is 7.49. The van der Waals surface area contributed by atoms with E-state index in [0.29, 0.717) is 45.9 Å². The third-order valence-corrected chi connectivity index (χ3v) is 5.36. The largest absolute Gasteiger partial charge is 0.378 e. The summed E-state index contributed by atoms with van der Waals surface area (Å²) in [6.45, 7) is 10.9. The molecule has 1 N–H and O–H groups in total. The lowest BCUT2D eigenvalue weighted by atomic mass is 10.2. The highest BCUT2D eigenvalue weighted by Gasteiger charge is 2.24. The number of non-ortho nitro benzene ring substituents is 1. The first-order valence-corrected chi connectivity index (χ1v) is 10.5. The summed E-state index contributed by atoms with van der Waals surface area (Å²) < 4.78 is 5.31. The van der Waals surface area contributed by atoms with Crippen molar-refractivity contribution in [2.24, 2.45) is 4.99 Å². The molecule has 10 nitrogen and oxygen atoms in total. The van der Waals surface area contributed by atoms with Gasteiger partial charge in [-0.25, -0.2) is 4.99 Å². The molecule has 2 fully saturated rings. The van der Waals surface area contributed by atoms with Crippen molar-refractivity contribution in [3.63, 3.8) is 0 Å². The summed E-state index contributed by atoms with van der Waals surface area (Å²) in [5, 5.41) is 14.1. The van der Waals surface area contributed by atoms with Crippen molar-refractivity contribution in [3.05, 3.63) is 52.6 Å². The minimum absolute atomic E-state index is 0. The Morgan fingerprint density at radius 3 is 2.38 bits per heavy atom. The fourth-order valence-corrected chi connectivity index (χ4v) is 3.54. The van der Waals surface area contributed by atoms with Crippen molar-refractivity contribution >= 4 is 41.5 Å². The van der Waals surface area contributed by atoms with E-state index in [9.17, 15) is 14.9 Å². The fourth-order valence-electron chi connectivity index (χ4n) is 3.54. The number of carbonyl (C=O) groups is 1. The lowest BCUT2D eigenvalue weighted by Crippen LogP contribution is -2.54. The summed E-state index contributed by atoms with van der Waals surface area (Å²) in [4.78, 5) is 33.8. The van der Waals surface area contributed by atoms with Crippen LogP contribution in [0.5, 0.6) is 0 Å². The molecule has 0 aliphatic carbocycles. The number of nitro groups is 1. The molecular weight excluding hydrogens is 527 g/mol. The summed E-state index contributed by atoms with van der Waals surface area (Å²) in [6, 6.07) is 6.43. The molecule has 1 aromatic carbocycles. The maximum atomic E-state index is 12.5. The van der Waals surface area contributed by atoms with Gasteiger partial charge in [-0.15, -0.1) is 30.6 Å². The first-order chi connectivity index (χ1) is 15.1. The summed E-state index contributed by atoms with van der Waals surface area (Å²) in [5.41, 5.74) is 0.971. The number of halogens is 1. The molecule has 2 aliphatic rings. The molecule has 1 aromatic rings. The van der Waals surface area contributed by atoms with Crippen molar-refractivity contribution in [1.29, 1.82) is 0 Å². The van der Waals surface area contributed by atoms with Gasteiger partial charge in [0.05, 0.1) is 31.2 Å². The number of aliphatic imine (C=N–C) groups is 1. The molecule has 0 unspecified atom stereocenters. The predicted molar refractivity (Wildman–Crippen MR) is 133 cm³/mol. The van der Waals surface area contributed by atoms with E-state index in [0.717, 1.165) is 37.7 Å². The number of nitrogens with one attached hydrogen (secondary N) is 1. The molecule has 0 radical (unpaired) electrons. The molecule has 0 aromatic heterocycles. The van der Waals surface area contributed by atoms with E-state index in [1.54, 1.807) is 18.2 Å². The highest BCUT2D eigenvalue weighted by Crippen LogP contribution is 2.13. The van der Waals surface area contributed by atoms with E-state index in [1.165, 1.54) is 12.1 Å². The average molecular weight is 558 g/mol. The first-order valence-electron chi connectivity index (χ1n) is 10.5. The lowest BCUT2D eigenvalue weighted by molar-refractivity contribution is -0.384. The zero-order valence-electron chi connectivity index (χ0n) is 18.1. The van der Waals surface area contributed by atoms with E-state index in [4.69, 9.17) is 9.73 Å². The van der Waals surface area contributed by atoms with Crippen LogP contribution in [0.4, 0.5) is 5.69 Å². The van der Waals surface area contributed by atoms with Gasteiger partial charge in [-0.1, -0.05) is 18.2 Å². The summed E-state index contributed by atoms with van der Waals surface area (Å²) in [5.74, 6) is 0.936. The Labute approximate surface area is 205 Å². The molecular formula is C21H31IN6O4. The van der Waals surface area contributed by atoms with Crippen LogP contribution in [0, 0.1) is 10.1 Å². The Hall–Kier alpha value is -2.25. The predicted octanol–water partition coefficient (Wildman–Crippen LogP) is 1.32. The summed E-state index contributed by atoms with van der Waals surface area (Å²) in [6.07, 6.45) is 1.78. The Morgan fingerprint density at radius 1 is 1.12 bits per heavy atom. The minimum Gasteiger partial charge on any atom is -0.378 e. The van der Waals surface area contributed by atoms with Crippen LogP contribution in [0.1, 0.15) is 5.56 Å². The van der Waals surface area contributed by atoms with Crippen molar-refractivity contribution in [1.82, 2.24) is 20.0 Å². The van der Waals surface area contributed by atoms with Gasteiger partial charge < -0.3 is 19.9 Å². The van der Waals surface area contributed by atoms with Crippen LogP contribution in [0.2, 0.25) is 0 Å². The van der Waals surface area contributed by atoms with Gasteiger partial charge in [0.15, 0.2) is 5.96 Å². The van der Waals surface area contributed by atoms with Gasteiger partial charge >= 0.3 is 0 Å². The van der Waals surface area contributed by atoms with Crippen LogP contribution in [0.25, 0.3) is 0 Å². The van der Waals surface area contributed by atoms with Gasteiger partial charge in [0.1, 0.15) is 0 Å². The Balaban J connectivity index is 0.00000363. The topological polar surface area (TPSA) is 104 Å². The minimum atomic E-state index is -0.409. The monoisotopic (exact) mass is 558 g/mol. The maximum Gasteiger partial charge on any atom is 0.269 e. The van der Waals surface area contributed by atoms with Crippen LogP contribution >= 0.6 is 24.0 Å². The lowest BCUT2D eigenvalue weighted by Gasteiger charge is -2.37. The Kier molecular flexibility index (Phi) is 10.8. The molecule has 32 heavy (non-hydrogen) atoms. The SMILES string of the molecule is C=CCNC(=NCc1ccc([N+](=O)[O-])cc1)N1CCN(CC(=O)N2CCOCC2)CC1.I. The van der Waals surface area contributed by atoms with Crippen LogP contribution < -0.4 is 5.32 Å². The molecule has 0 saturated carbocycles. The van der Waals surface area contributed by atoms with Crippen LogP contribution in [-0.4, -0.2) is 97.1 Å². The van der Waals surface area contributed by atoms with Crippen LogP contribution in [-0.2, 0) is 16.1 Å². The second-order valence-corrected chi connectivity index (χ2v) is 7.49. The molecule has 1 amide bonds. The van der Waals surface area contributed by atoms with Gasteiger partial charge in [-0.3, -0.25) is 19.8 Å². The number of morpholine rings is 1. The highest BCUT2D eigenvalue weighted by molar-refractivity contribution is 14.0. The number of rotatable bonds is 7. The number of nitro benzene ring substituents is 1. The van der Waals surface area contributed by atoms with Gasteiger partial charge in [-0.2, -0.15) is 0 Å². The number of benzene rings is 1. The number of nitrogens with zero attached hydrogens (tertiary/aromatic N) is 5. The van der Waals surface area contributed by atoms with Crippen LogP contribution in [0.3, 0.4) is 0 Å². The molecule has 176 valence electrons. The Morgan fingerprint density at radius 2 is 1.78 bits per heavy atom. The third kappa shape index (κ3) is 7.71. The van der Waals surface area contributed by atoms with Crippen molar-refractivity contribution in [3.8, 4) is 0 Å². The molecule has 0 bridgehead atoms. The molecule has 2 saturated heterocycles. The zero-order chi connectivity index (χ0) is 22.1. The van der Waals surface area contributed by atoms with E-state index < -0.39 is 4.92 Å². The van der Waals surface area contributed by atoms with Crippen molar-refractivity contribution in [2.45, 2.75) is 6.54 Å². The molecule has 0 atom stereocenters. The molecule has 2 heterocycles. The third-order valence-electron chi connectivity index (χ3n) is 5.36. The smallest absolute Gasteiger partial charge is 0.269 e. The standard InChI is InChI=1S/C21H30N6O4.HI/c1-2-7-22-21(23-16-18-3-5-19(6-4-18)27(29)30)26-10-8-24(9-11-26)17-20(28)25-12-14-31-15-13-25;/h2-6H,1,7-17H2,(H,22,23);1H. The number of ether oxygens (including phenoxy) is 1. The van der Waals surface area contributed by atoms with Crippen molar-refractivity contribution in [2.75, 3.05) is 65.6 Å². The van der Waals surface area contributed by atoms with E-state index >= 15 is 0 Å². The van der Waals surface area contributed by atoms with E-state index in [1.807, 2.05) is 4.90 Å². The number of hydrogen-bond donors (Lipinski definition) is 1. The molecule has 11 heteroatoms. The molecule has 0 spiro atoms. The van der Waals surface area contributed by atoms with Crippen molar-refractivity contribution < 1.29 is 14.5 Å². The van der Waals surface area contributed by atoms with E-state index in [-0.39, 0.29) is 35.6 Å². The molecule has 2 aliphatic heterocycles. The van der Waals surface area contributed by atoms with Crippen LogP contribution in [0.15, 0.2) is 41.9 Å². The average Bonchev–Trinajstić information content (AvgIpc) is 2.80. The number of hydrogen-bond acceptors (Lipinski definition) is 6. The second kappa shape index (κ2) is 13.3. The number of guanidine groups is 1. The van der Waals surface area contributed by atoms with Gasteiger partial charge in [0.25, 0.3) is 5.69 Å². The van der Waals surface area contributed by atoms with Gasteiger partial charge in [0, 0.05) is 57.9 Å². The normalized spacial score (nSPS) is 17.4. The number of amides is 1. The number of carbonyl (C=O) groups excluding carboxylic acids is 1. The summed E-state index contributed by atoms with van der Waals surface area (Å²) >= 11 is 0. The zero-order valence-corrected chi connectivity index (χ0v) is 20.5. The maximum absolute atomic E-state index is 12.5. The first kappa shape index (κ1) is 26.0. The van der Waals surface area contributed by atoms with Gasteiger partial charge in [0.2, 0.25) is 5.91 Å². The Bertz CT molecular complexity index is 790. The van der Waals surface area contributed by atoms with Gasteiger partial charge in [-0.05, 0) is 5.56 Å². The quantitative estimate of drug-likeness (QED) is 0.135. The fraction of sp³-hybridized carbons (Fsp3) is 0.524. The summed E-state index contributed by atoms with van der Waals surface area (Å²) in [7, 11) is 0. The molecule has 3 rings (SSSR count). The number of piperazine rings is 1.